The zero-order valence-electron chi connectivity index (χ0n) is 10.3. The number of carbonyl (C=O) groups excluding carboxylic acids is 1. The summed E-state index contributed by atoms with van der Waals surface area (Å²) in [5.41, 5.74) is 5.41. The number of nitrogens with two attached hydrogens (primary N) is 1. The van der Waals surface area contributed by atoms with Crippen LogP contribution < -0.4 is 11.1 Å². The number of ether oxygens (including phenoxy) is 1. The SMILES string of the molecule is CC(CCN)CCC(=O)NCCOCC(=O)O. The molecular formula is C11H22N2O4. The van der Waals surface area contributed by atoms with Crippen LogP contribution in [0.3, 0.4) is 0 Å². The van der Waals surface area contributed by atoms with Crippen LogP contribution >= 0.6 is 0 Å². The summed E-state index contributed by atoms with van der Waals surface area (Å²) in [6.07, 6.45) is 2.22. The highest BCUT2D eigenvalue weighted by Crippen LogP contribution is 2.08. The number of nitrogens with one attached hydrogen (secondary N) is 1. The van der Waals surface area contributed by atoms with Crippen LogP contribution in [0, 0.1) is 5.92 Å². The van der Waals surface area contributed by atoms with E-state index in [4.69, 9.17) is 15.6 Å². The van der Waals surface area contributed by atoms with E-state index in [1.165, 1.54) is 0 Å². The third-order valence-corrected chi connectivity index (χ3v) is 2.32. The Balaban J connectivity index is 3.37. The molecule has 0 saturated carbocycles. The van der Waals surface area contributed by atoms with Crippen LogP contribution in [-0.2, 0) is 14.3 Å². The van der Waals surface area contributed by atoms with Gasteiger partial charge in [-0.15, -0.1) is 0 Å². The molecule has 0 bridgehead atoms. The molecule has 0 heterocycles. The Morgan fingerprint density at radius 2 is 2.12 bits per heavy atom. The lowest BCUT2D eigenvalue weighted by Gasteiger charge is -2.09. The highest BCUT2D eigenvalue weighted by molar-refractivity contribution is 5.75. The molecule has 0 spiro atoms. The quantitative estimate of drug-likeness (QED) is 0.470. The second-order valence-electron chi connectivity index (χ2n) is 4.02. The Morgan fingerprint density at radius 1 is 1.41 bits per heavy atom. The van der Waals surface area contributed by atoms with Crippen molar-refractivity contribution in [2.24, 2.45) is 11.7 Å². The summed E-state index contributed by atoms with van der Waals surface area (Å²) in [6, 6.07) is 0. The van der Waals surface area contributed by atoms with Gasteiger partial charge in [0.2, 0.25) is 5.91 Å². The van der Waals surface area contributed by atoms with E-state index in [-0.39, 0.29) is 19.1 Å². The summed E-state index contributed by atoms with van der Waals surface area (Å²) in [5.74, 6) is -0.589. The van der Waals surface area contributed by atoms with Crippen LogP contribution in [0.1, 0.15) is 26.2 Å². The molecule has 6 heteroatoms. The van der Waals surface area contributed by atoms with E-state index in [1.54, 1.807) is 0 Å². The fraction of sp³-hybridized carbons (Fsp3) is 0.818. The van der Waals surface area contributed by atoms with Crippen molar-refractivity contribution in [3.05, 3.63) is 0 Å². The molecule has 17 heavy (non-hydrogen) atoms. The molecular weight excluding hydrogens is 224 g/mol. The highest BCUT2D eigenvalue weighted by atomic mass is 16.5. The zero-order chi connectivity index (χ0) is 13.1. The molecule has 0 aliphatic heterocycles. The van der Waals surface area contributed by atoms with E-state index in [0.717, 1.165) is 12.8 Å². The van der Waals surface area contributed by atoms with Gasteiger partial charge < -0.3 is 20.9 Å². The highest BCUT2D eigenvalue weighted by Gasteiger charge is 2.05. The van der Waals surface area contributed by atoms with Crippen LogP contribution in [0.15, 0.2) is 0 Å². The van der Waals surface area contributed by atoms with Crippen molar-refractivity contribution >= 4 is 11.9 Å². The number of carboxylic acid groups (broad SMARTS) is 1. The van der Waals surface area contributed by atoms with Crippen molar-refractivity contribution in [1.82, 2.24) is 5.32 Å². The largest absolute Gasteiger partial charge is 0.480 e. The zero-order valence-corrected chi connectivity index (χ0v) is 10.3. The Labute approximate surface area is 102 Å². The Morgan fingerprint density at radius 3 is 2.71 bits per heavy atom. The number of carboxylic acids is 1. The molecule has 1 atom stereocenters. The topological polar surface area (TPSA) is 102 Å². The Kier molecular flexibility index (Phi) is 9.37. The monoisotopic (exact) mass is 246 g/mol. The molecule has 1 unspecified atom stereocenters. The predicted molar refractivity (Wildman–Crippen MR) is 63.5 cm³/mol. The average Bonchev–Trinajstić information content (AvgIpc) is 2.26. The van der Waals surface area contributed by atoms with Gasteiger partial charge in [-0.05, 0) is 25.3 Å². The number of carbonyl (C=O) groups is 2. The molecule has 0 aromatic rings. The van der Waals surface area contributed by atoms with Crippen LogP contribution in [-0.4, -0.2) is 43.3 Å². The normalized spacial score (nSPS) is 12.1. The van der Waals surface area contributed by atoms with Crippen molar-refractivity contribution in [1.29, 1.82) is 0 Å². The van der Waals surface area contributed by atoms with Gasteiger partial charge >= 0.3 is 5.97 Å². The third-order valence-electron chi connectivity index (χ3n) is 2.32. The maximum absolute atomic E-state index is 11.3. The summed E-state index contributed by atoms with van der Waals surface area (Å²) in [7, 11) is 0. The summed E-state index contributed by atoms with van der Waals surface area (Å²) >= 11 is 0. The minimum atomic E-state index is -1.01. The molecule has 1 amide bonds. The van der Waals surface area contributed by atoms with Crippen LogP contribution in [0.5, 0.6) is 0 Å². The molecule has 4 N–H and O–H groups in total. The second kappa shape index (κ2) is 10.0. The van der Waals surface area contributed by atoms with Crippen molar-refractivity contribution < 1.29 is 19.4 Å². The number of rotatable bonds is 10. The van der Waals surface area contributed by atoms with Gasteiger partial charge in [-0.1, -0.05) is 6.92 Å². The van der Waals surface area contributed by atoms with Gasteiger partial charge in [0, 0.05) is 13.0 Å². The summed E-state index contributed by atoms with van der Waals surface area (Å²) in [5, 5.41) is 11.0. The Bertz CT molecular complexity index is 234. The molecule has 0 rings (SSSR count). The molecule has 0 radical (unpaired) electrons. The van der Waals surface area contributed by atoms with Gasteiger partial charge in [0.05, 0.1) is 6.61 Å². The molecule has 0 aliphatic rings. The van der Waals surface area contributed by atoms with Crippen molar-refractivity contribution in [3.8, 4) is 0 Å². The molecule has 0 saturated heterocycles. The molecule has 0 aromatic carbocycles. The van der Waals surface area contributed by atoms with E-state index in [0.29, 0.717) is 25.4 Å². The fourth-order valence-electron chi connectivity index (χ4n) is 1.32. The van der Waals surface area contributed by atoms with E-state index >= 15 is 0 Å². The fourth-order valence-corrected chi connectivity index (χ4v) is 1.32. The predicted octanol–water partition coefficient (Wildman–Crippen LogP) is -0.0311. The molecule has 100 valence electrons. The minimum Gasteiger partial charge on any atom is -0.480 e. The molecule has 6 nitrogen and oxygen atoms in total. The van der Waals surface area contributed by atoms with Gasteiger partial charge in [0.1, 0.15) is 6.61 Å². The first kappa shape index (κ1) is 15.9. The molecule has 0 fully saturated rings. The third kappa shape index (κ3) is 11.1. The number of hydrogen-bond acceptors (Lipinski definition) is 4. The average molecular weight is 246 g/mol. The van der Waals surface area contributed by atoms with Crippen molar-refractivity contribution in [2.45, 2.75) is 26.2 Å². The first-order chi connectivity index (χ1) is 8.06. The van der Waals surface area contributed by atoms with Crippen molar-refractivity contribution in [2.75, 3.05) is 26.3 Å². The summed E-state index contributed by atoms with van der Waals surface area (Å²) in [6.45, 7) is 2.94. The summed E-state index contributed by atoms with van der Waals surface area (Å²) in [4.78, 5) is 21.4. The summed E-state index contributed by atoms with van der Waals surface area (Å²) < 4.78 is 4.78. The van der Waals surface area contributed by atoms with Gasteiger partial charge in [-0.2, -0.15) is 0 Å². The molecule has 0 aliphatic carbocycles. The lowest BCUT2D eigenvalue weighted by molar-refractivity contribution is -0.142. The van der Waals surface area contributed by atoms with Crippen molar-refractivity contribution in [3.63, 3.8) is 0 Å². The Hall–Kier alpha value is -1.14. The number of aliphatic carboxylic acids is 1. The van der Waals surface area contributed by atoms with Gasteiger partial charge in [0.15, 0.2) is 0 Å². The van der Waals surface area contributed by atoms with Gasteiger partial charge in [-0.3, -0.25) is 4.79 Å². The minimum absolute atomic E-state index is 0.0344. The maximum atomic E-state index is 11.3. The number of hydrogen-bond donors (Lipinski definition) is 3. The van der Waals surface area contributed by atoms with Gasteiger partial charge in [-0.25, -0.2) is 4.79 Å². The van der Waals surface area contributed by atoms with Crippen LogP contribution in [0.4, 0.5) is 0 Å². The lowest BCUT2D eigenvalue weighted by Crippen LogP contribution is -2.28. The molecule has 0 aromatic heterocycles. The second-order valence-corrected chi connectivity index (χ2v) is 4.02. The standard InChI is InChI=1S/C11H22N2O4/c1-9(4-5-12)2-3-10(14)13-6-7-17-8-11(15)16/h9H,2-8,12H2,1H3,(H,13,14)(H,15,16). The van der Waals surface area contributed by atoms with Crippen LogP contribution in [0.25, 0.3) is 0 Å². The maximum Gasteiger partial charge on any atom is 0.329 e. The van der Waals surface area contributed by atoms with Crippen LogP contribution in [0.2, 0.25) is 0 Å². The van der Waals surface area contributed by atoms with Gasteiger partial charge in [0.25, 0.3) is 0 Å². The first-order valence-electron chi connectivity index (χ1n) is 5.82. The lowest BCUT2D eigenvalue weighted by atomic mass is 10.0. The van der Waals surface area contributed by atoms with E-state index < -0.39 is 5.97 Å². The number of amides is 1. The van der Waals surface area contributed by atoms with E-state index in [1.807, 2.05) is 0 Å². The first-order valence-corrected chi connectivity index (χ1v) is 5.82. The smallest absolute Gasteiger partial charge is 0.329 e. The van der Waals surface area contributed by atoms with E-state index in [9.17, 15) is 9.59 Å². The van der Waals surface area contributed by atoms with E-state index in [2.05, 4.69) is 12.2 Å².